The molecule has 2 aromatic heterocycles. The highest BCUT2D eigenvalue weighted by Gasteiger charge is 2.16. The van der Waals surface area contributed by atoms with Gasteiger partial charge in [0.05, 0.1) is 6.20 Å². The molecule has 7 heteroatoms. The van der Waals surface area contributed by atoms with Crippen molar-refractivity contribution in [1.82, 2.24) is 19.6 Å². The molecule has 2 aromatic rings. The van der Waals surface area contributed by atoms with Crippen LogP contribution >= 0.6 is 0 Å². The van der Waals surface area contributed by atoms with Crippen LogP contribution in [0.25, 0.3) is 0 Å². The predicted octanol–water partition coefficient (Wildman–Crippen LogP) is 1.00. The maximum Gasteiger partial charge on any atom is 0.224 e. The summed E-state index contributed by atoms with van der Waals surface area (Å²) in [5.74, 6) is 0.902. The van der Waals surface area contributed by atoms with Crippen molar-refractivity contribution in [1.29, 1.82) is 0 Å². The number of aryl methyl sites for hydroxylation is 3. The largest absolute Gasteiger partial charge is 0.368 e. The van der Waals surface area contributed by atoms with Gasteiger partial charge in [0, 0.05) is 38.4 Å². The smallest absolute Gasteiger partial charge is 0.224 e. The number of carbonyl (C=O) groups excluding carboxylic acids is 1. The quantitative estimate of drug-likeness (QED) is 0.872. The number of carbonyl (C=O) groups is 1. The van der Waals surface area contributed by atoms with E-state index in [4.69, 9.17) is 0 Å². The van der Waals surface area contributed by atoms with Gasteiger partial charge in [-0.15, -0.1) is 0 Å². The molecular weight excluding hydrogens is 256 g/mol. The molecule has 0 saturated heterocycles. The zero-order valence-electron chi connectivity index (χ0n) is 11.5. The van der Waals surface area contributed by atoms with Crippen LogP contribution in [-0.2, 0) is 24.8 Å². The third-order valence-corrected chi connectivity index (χ3v) is 3.48. The molecule has 1 aliphatic rings. The second-order valence-electron chi connectivity index (χ2n) is 4.90. The molecule has 0 fully saturated rings. The number of aromatic nitrogens is 4. The van der Waals surface area contributed by atoms with Crippen molar-refractivity contribution in [2.24, 2.45) is 7.05 Å². The molecule has 0 aliphatic carbocycles. The van der Waals surface area contributed by atoms with Crippen LogP contribution in [0.2, 0.25) is 0 Å². The zero-order chi connectivity index (χ0) is 13.9. The number of nitrogens with zero attached hydrogens (tertiary/aromatic N) is 4. The first kappa shape index (κ1) is 12.7. The summed E-state index contributed by atoms with van der Waals surface area (Å²) in [7, 11) is 1.88. The fourth-order valence-electron chi connectivity index (χ4n) is 2.37. The van der Waals surface area contributed by atoms with E-state index in [1.165, 1.54) is 0 Å². The van der Waals surface area contributed by atoms with Gasteiger partial charge in [-0.2, -0.15) is 10.2 Å². The minimum atomic E-state index is -0.00521. The van der Waals surface area contributed by atoms with Gasteiger partial charge in [0.15, 0.2) is 0 Å². The summed E-state index contributed by atoms with van der Waals surface area (Å²) >= 11 is 0. The average molecular weight is 274 g/mol. The van der Waals surface area contributed by atoms with Gasteiger partial charge in [-0.05, 0) is 18.9 Å². The molecule has 0 aromatic carbocycles. The Morgan fingerprint density at radius 2 is 2.40 bits per heavy atom. The van der Waals surface area contributed by atoms with Crippen molar-refractivity contribution >= 4 is 17.4 Å². The Labute approximate surface area is 117 Å². The Hall–Kier alpha value is -2.31. The van der Waals surface area contributed by atoms with Gasteiger partial charge in [-0.25, -0.2) is 4.68 Å². The summed E-state index contributed by atoms with van der Waals surface area (Å²) in [6.45, 7) is 1.82. The van der Waals surface area contributed by atoms with Gasteiger partial charge in [-0.3, -0.25) is 9.48 Å². The summed E-state index contributed by atoms with van der Waals surface area (Å²) in [5, 5.41) is 14.5. The van der Waals surface area contributed by atoms with Crippen molar-refractivity contribution in [3.63, 3.8) is 0 Å². The SMILES string of the molecule is Cn1nccc1CCC(=O)Nc1cnn2c1NCCC2. The van der Waals surface area contributed by atoms with Crippen LogP contribution in [0.3, 0.4) is 0 Å². The highest BCUT2D eigenvalue weighted by molar-refractivity contribution is 5.93. The normalized spacial score (nSPS) is 13.7. The van der Waals surface area contributed by atoms with Crippen LogP contribution in [0.15, 0.2) is 18.5 Å². The Morgan fingerprint density at radius 3 is 3.20 bits per heavy atom. The van der Waals surface area contributed by atoms with E-state index in [-0.39, 0.29) is 5.91 Å². The van der Waals surface area contributed by atoms with Gasteiger partial charge in [0.25, 0.3) is 0 Å². The van der Waals surface area contributed by atoms with Crippen molar-refractivity contribution in [3.05, 3.63) is 24.2 Å². The third kappa shape index (κ3) is 2.52. The number of hydrogen-bond donors (Lipinski definition) is 2. The highest BCUT2D eigenvalue weighted by atomic mass is 16.1. The first-order valence-corrected chi connectivity index (χ1v) is 6.80. The first-order valence-electron chi connectivity index (χ1n) is 6.80. The molecule has 0 spiro atoms. The second kappa shape index (κ2) is 5.36. The molecule has 0 bridgehead atoms. The number of rotatable bonds is 4. The maximum absolute atomic E-state index is 12.0. The van der Waals surface area contributed by atoms with E-state index in [9.17, 15) is 4.79 Å². The lowest BCUT2D eigenvalue weighted by molar-refractivity contribution is -0.116. The lowest BCUT2D eigenvalue weighted by atomic mass is 10.2. The maximum atomic E-state index is 12.0. The minimum Gasteiger partial charge on any atom is -0.368 e. The van der Waals surface area contributed by atoms with E-state index < -0.39 is 0 Å². The molecular formula is C13H18N6O. The summed E-state index contributed by atoms with van der Waals surface area (Å²) in [6, 6.07) is 1.93. The van der Waals surface area contributed by atoms with Crippen LogP contribution in [-0.4, -0.2) is 32.0 Å². The van der Waals surface area contributed by atoms with Crippen molar-refractivity contribution in [2.45, 2.75) is 25.8 Å². The third-order valence-electron chi connectivity index (χ3n) is 3.48. The van der Waals surface area contributed by atoms with Crippen LogP contribution in [0, 0.1) is 0 Å². The number of fused-ring (bicyclic) bond motifs is 1. The standard InChI is InChI=1S/C13H18N6O/c1-18-10(5-7-15-18)3-4-12(20)17-11-9-16-19-8-2-6-14-13(11)19/h5,7,9,14H,2-4,6,8H2,1H3,(H,17,20). The molecule has 3 heterocycles. The van der Waals surface area contributed by atoms with E-state index in [2.05, 4.69) is 20.8 Å². The van der Waals surface area contributed by atoms with Crippen molar-refractivity contribution in [3.8, 4) is 0 Å². The molecule has 7 nitrogen and oxygen atoms in total. The van der Waals surface area contributed by atoms with Gasteiger partial charge in [-0.1, -0.05) is 0 Å². The molecule has 0 atom stereocenters. The van der Waals surface area contributed by atoms with E-state index in [1.54, 1.807) is 17.1 Å². The Kier molecular flexibility index (Phi) is 3.41. The summed E-state index contributed by atoms with van der Waals surface area (Å²) < 4.78 is 3.68. The summed E-state index contributed by atoms with van der Waals surface area (Å²) in [5.41, 5.74) is 1.81. The van der Waals surface area contributed by atoms with Gasteiger partial charge >= 0.3 is 0 Å². The lowest BCUT2D eigenvalue weighted by Gasteiger charge is -2.17. The summed E-state index contributed by atoms with van der Waals surface area (Å²) in [4.78, 5) is 12.0. The molecule has 1 amide bonds. The monoisotopic (exact) mass is 274 g/mol. The fraction of sp³-hybridized carbons (Fsp3) is 0.462. The van der Waals surface area contributed by atoms with E-state index in [1.807, 2.05) is 17.8 Å². The summed E-state index contributed by atoms with van der Waals surface area (Å²) in [6.07, 6.45) is 5.62. The molecule has 3 rings (SSSR count). The number of anilines is 2. The molecule has 0 saturated carbocycles. The van der Waals surface area contributed by atoms with Gasteiger partial charge < -0.3 is 10.6 Å². The molecule has 106 valence electrons. The number of hydrogen-bond acceptors (Lipinski definition) is 4. The topological polar surface area (TPSA) is 76.8 Å². The number of nitrogens with one attached hydrogen (secondary N) is 2. The van der Waals surface area contributed by atoms with E-state index >= 15 is 0 Å². The predicted molar refractivity (Wildman–Crippen MR) is 75.5 cm³/mol. The highest BCUT2D eigenvalue weighted by Crippen LogP contribution is 2.24. The van der Waals surface area contributed by atoms with Crippen LogP contribution in [0.4, 0.5) is 11.5 Å². The van der Waals surface area contributed by atoms with Crippen LogP contribution < -0.4 is 10.6 Å². The van der Waals surface area contributed by atoms with Crippen molar-refractivity contribution < 1.29 is 4.79 Å². The Bertz CT molecular complexity index is 614. The fourth-order valence-corrected chi connectivity index (χ4v) is 2.37. The number of amides is 1. The molecule has 0 radical (unpaired) electrons. The lowest BCUT2D eigenvalue weighted by Crippen LogP contribution is -2.20. The second-order valence-corrected chi connectivity index (χ2v) is 4.90. The van der Waals surface area contributed by atoms with E-state index in [0.717, 1.165) is 36.7 Å². The van der Waals surface area contributed by atoms with Crippen LogP contribution in [0.5, 0.6) is 0 Å². The van der Waals surface area contributed by atoms with Gasteiger partial charge in [0.1, 0.15) is 11.5 Å². The molecule has 1 aliphatic heterocycles. The van der Waals surface area contributed by atoms with Crippen molar-refractivity contribution in [2.75, 3.05) is 17.2 Å². The molecule has 0 unspecified atom stereocenters. The Balaban J connectivity index is 1.59. The Morgan fingerprint density at radius 1 is 1.50 bits per heavy atom. The van der Waals surface area contributed by atoms with Gasteiger partial charge in [0.2, 0.25) is 5.91 Å². The first-order chi connectivity index (χ1) is 9.74. The van der Waals surface area contributed by atoms with Crippen LogP contribution in [0.1, 0.15) is 18.5 Å². The minimum absolute atomic E-state index is 0.00521. The average Bonchev–Trinajstić information content (AvgIpc) is 3.04. The molecule has 20 heavy (non-hydrogen) atoms. The molecule has 2 N–H and O–H groups in total. The van der Waals surface area contributed by atoms with E-state index in [0.29, 0.717) is 12.8 Å². The zero-order valence-corrected chi connectivity index (χ0v) is 11.5.